The number of nitrogens with zero attached hydrogens (tertiary/aromatic N) is 3. The Morgan fingerprint density at radius 2 is 1.62 bits per heavy atom. The molecule has 0 aromatic heterocycles. The molecule has 1 atom stereocenters. The number of ether oxygens (including phenoxy) is 1. The lowest BCUT2D eigenvalue weighted by atomic mass is 9.92. The van der Waals surface area contributed by atoms with Crippen molar-refractivity contribution in [2.45, 2.75) is 24.9 Å². The first-order valence-corrected chi connectivity index (χ1v) is 11.4. The smallest absolute Gasteiger partial charge is 0.416 e. The maximum Gasteiger partial charge on any atom is 0.416 e. The van der Waals surface area contributed by atoms with E-state index in [0.717, 1.165) is 48.6 Å². The second-order valence-corrected chi connectivity index (χ2v) is 8.58. The first kappa shape index (κ1) is 24.1. The van der Waals surface area contributed by atoms with Crippen LogP contribution < -0.4 is 9.64 Å². The number of alkyl halides is 3. The number of benzene rings is 2. The molecule has 2 aromatic rings. The number of carbonyl (C=O) groups is 2. The zero-order valence-electron chi connectivity index (χ0n) is 19.1. The average molecular weight is 476 g/mol. The molecular weight excluding hydrogens is 447 g/mol. The molecule has 2 aliphatic heterocycles. The molecule has 0 saturated carbocycles. The molecule has 1 unspecified atom stereocenters. The van der Waals surface area contributed by atoms with E-state index in [1.165, 1.54) is 18.2 Å². The number of piperazine rings is 1. The van der Waals surface area contributed by atoms with E-state index in [2.05, 4.69) is 9.80 Å². The number of likely N-dealkylation sites (tertiary alicyclic amines) is 1. The standard InChI is InChI=1S/C25H28F3N3O3/c1-34-22-10-5-4-9-21(22)30-15-13-29(14-16-30)11-6-12-31-23(32)17-19(24(31)33)18-7-2-3-8-20(18)25(26,27)28/h2-5,7-10,19H,6,11-17H2,1H3. The summed E-state index contributed by atoms with van der Waals surface area (Å²) in [5.74, 6) is -1.19. The minimum atomic E-state index is -4.57. The molecule has 2 amide bonds. The average Bonchev–Trinajstić information content (AvgIpc) is 3.12. The van der Waals surface area contributed by atoms with Crippen LogP contribution in [0.1, 0.15) is 29.9 Å². The van der Waals surface area contributed by atoms with Gasteiger partial charge in [-0.1, -0.05) is 30.3 Å². The van der Waals surface area contributed by atoms with Crippen LogP contribution in [0.3, 0.4) is 0 Å². The maximum absolute atomic E-state index is 13.4. The van der Waals surface area contributed by atoms with E-state index in [1.807, 2.05) is 24.3 Å². The van der Waals surface area contributed by atoms with Crippen molar-refractivity contribution in [3.63, 3.8) is 0 Å². The van der Waals surface area contributed by atoms with E-state index >= 15 is 0 Å². The summed E-state index contributed by atoms with van der Waals surface area (Å²) in [5.41, 5.74) is 0.0855. The lowest BCUT2D eigenvalue weighted by Crippen LogP contribution is -2.47. The molecule has 0 bridgehead atoms. The quantitative estimate of drug-likeness (QED) is 0.571. The van der Waals surface area contributed by atoms with Crippen molar-refractivity contribution >= 4 is 17.5 Å². The zero-order chi connectivity index (χ0) is 24.3. The number of amides is 2. The van der Waals surface area contributed by atoms with Crippen LogP contribution in [0.25, 0.3) is 0 Å². The molecule has 182 valence electrons. The van der Waals surface area contributed by atoms with Gasteiger partial charge in [-0.3, -0.25) is 19.4 Å². The number of para-hydroxylation sites is 2. The van der Waals surface area contributed by atoms with Gasteiger partial charge in [-0.05, 0) is 36.7 Å². The fourth-order valence-corrected chi connectivity index (χ4v) is 4.78. The SMILES string of the molecule is COc1ccccc1N1CCN(CCCN2C(=O)CC(c3ccccc3C(F)(F)F)C2=O)CC1. The van der Waals surface area contributed by atoms with E-state index < -0.39 is 29.5 Å². The van der Waals surface area contributed by atoms with Crippen LogP contribution in [0.5, 0.6) is 5.75 Å². The van der Waals surface area contributed by atoms with Gasteiger partial charge in [-0.15, -0.1) is 0 Å². The van der Waals surface area contributed by atoms with E-state index in [-0.39, 0.29) is 18.5 Å². The molecule has 9 heteroatoms. The number of halogens is 3. The Labute approximate surface area is 196 Å². The van der Waals surface area contributed by atoms with Gasteiger partial charge in [0.15, 0.2) is 0 Å². The molecule has 34 heavy (non-hydrogen) atoms. The predicted molar refractivity (Wildman–Crippen MR) is 122 cm³/mol. The molecule has 0 N–H and O–H groups in total. The molecule has 0 aliphatic carbocycles. The number of hydrogen-bond acceptors (Lipinski definition) is 5. The van der Waals surface area contributed by atoms with Gasteiger partial charge in [0.2, 0.25) is 11.8 Å². The number of carbonyl (C=O) groups excluding carboxylic acids is 2. The second kappa shape index (κ2) is 10.0. The number of methoxy groups -OCH3 is 1. The van der Waals surface area contributed by atoms with E-state index in [0.29, 0.717) is 13.0 Å². The molecule has 0 spiro atoms. The summed E-state index contributed by atoms with van der Waals surface area (Å²) in [7, 11) is 1.66. The first-order chi connectivity index (χ1) is 16.3. The van der Waals surface area contributed by atoms with Crippen LogP contribution in [-0.2, 0) is 15.8 Å². The minimum absolute atomic E-state index is 0.122. The largest absolute Gasteiger partial charge is 0.495 e. The second-order valence-electron chi connectivity index (χ2n) is 8.58. The summed E-state index contributed by atoms with van der Waals surface area (Å²) in [5, 5.41) is 0. The van der Waals surface area contributed by atoms with Crippen LogP contribution in [-0.4, -0.2) is 68.0 Å². The minimum Gasteiger partial charge on any atom is -0.495 e. The van der Waals surface area contributed by atoms with Gasteiger partial charge >= 0.3 is 6.18 Å². The summed E-state index contributed by atoms with van der Waals surface area (Å²) >= 11 is 0. The monoisotopic (exact) mass is 475 g/mol. The Kier molecular flexibility index (Phi) is 7.11. The lowest BCUT2D eigenvalue weighted by Gasteiger charge is -2.36. The molecule has 2 fully saturated rings. The van der Waals surface area contributed by atoms with Gasteiger partial charge in [0.1, 0.15) is 5.75 Å². The molecule has 2 saturated heterocycles. The predicted octanol–water partition coefficient (Wildman–Crippen LogP) is 3.77. The van der Waals surface area contributed by atoms with E-state index in [9.17, 15) is 22.8 Å². The normalized spacial score (nSPS) is 19.7. The molecule has 4 rings (SSSR count). The van der Waals surface area contributed by atoms with Crippen LogP contribution in [0.4, 0.5) is 18.9 Å². The van der Waals surface area contributed by atoms with Gasteiger partial charge in [0, 0.05) is 39.1 Å². The maximum atomic E-state index is 13.4. The zero-order valence-corrected chi connectivity index (χ0v) is 19.1. The van der Waals surface area contributed by atoms with Crippen LogP contribution in [0.15, 0.2) is 48.5 Å². The Morgan fingerprint density at radius 3 is 2.32 bits per heavy atom. The van der Waals surface area contributed by atoms with Crippen LogP contribution in [0, 0.1) is 0 Å². The highest BCUT2D eigenvalue weighted by atomic mass is 19.4. The van der Waals surface area contributed by atoms with E-state index in [4.69, 9.17) is 4.74 Å². The third-order valence-electron chi connectivity index (χ3n) is 6.54. The van der Waals surface area contributed by atoms with Gasteiger partial charge in [0.05, 0.1) is 24.3 Å². The van der Waals surface area contributed by atoms with E-state index in [1.54, 1.807) is 7.11 Å². The Morgan fingerprint density at radius 1 is 0.941 bits per heavy atom. The number of imide groups is 1. The molecule has 2 aliphatic rings. The summed E-state index contributed by atoms with van der Waals surface area (Å²) in [6.07, 6.45) is -4.21. The molecule has 0 radical (unpaired) electrons. The summed E-state index contributed by atoms with van der Waals surface area (Å²) in [6.45, 7) is 4.26. The topological polar surface area (TPSA) is 53.1 Å². The third kappa shape index (κ3) is 5.04. The molecular formula is C25H28F3N3O3. The fourth-order valence-electron chi connectivity index (χ4n) is 4.78. The Hall–Kier alpha value is -3.07. The van der Waals surface area contributed by atoms with Gasteiger partial charge < -0.3 is 9.64 Å². The highest BCUT2D eigenvalue weighted by Crippen LogP contribution is 2.39. The Bertz CT molecular complexity index is 1040. The van der Waals surface area contributed by atoms with Gasteiger partial charge in [-0.2, -0.15) is 13.2 Å². The summed E-state index contributed by atoms with van der Waals surface area (Å²) < 4.78 is 45.6. The van der Waals surface area contributed by atoms with Crippen molar-refractivity contribution in [2.75, 3.05) is 51.3 Å². The van der Waals surface area contributed by atoms with Crippen molar-refractivity contribution in [3.05, 3.63) is 59.7 Å². The highest BCUT2D eigenvalue weighted by Gasteiger charge is 2.43. The lowest BCUT2D eigenvalue weighted by molar-refractivity contribution is -0.139. The third-order valence-corrected chi connectivity index (χ3v) is 6.54. The highest BCUT2D eigenvalue weighted by molar-refractivity contribution is 6.06. The number of anilines is 1. The van der Waals surface area contributed by atoms with Crippen molar-refractivity contribution in [2.24, 2.45) is 0 Å². The van der Waals surface area contributed by atoms with Crippen molar-refractivity contribution in [1.29, 1.82) is 0 Å². The number of hydrogen-bond donors (Lipinski definition) is 0. The molecule has 2 heterocycles. The van der Waals surface area contributed by atoms with Gasteiger partial charge in [0.25, 0.3) is 0 Å². The van der Waals surface area contributed by atoms with Crippen LogP contribution >= 0.6 is 0 Å². The van der Waals surface area contributed by atoms with Crippen LogP contribution in [0.2, 0.25) is 0 Å². The summed E-state index contributed by atoms with van der Waals surface area (Å²) in [6, 6.07) is 12.9. The van der Waals surface area contributed by atoms with Crippen molar-refractivity contribution in [3.8, 4) is 5.75 Å². The Balaban J connectivity index is 1.30. The first-order valence-electron chi connectivity index (χ1n) is 11.4. The molecule has 2 aromatic carbocycles. The number of rotatable bonds is 7. The fraction of sp³-hybridized carbons (Fsp3) is 0.440. The van der Waals surface area contributed by atoms with Crippen molar-refractivity contribution < 1.29 is 27.5 Å². The van der Waals surface area contributed by atoms with Gasteiger partial charge in [-0.25, -0.2) is 0 Å². The molecule has 6 nitrogen and oxygen atoms in total. The summed E-state index contributed by atoms with van der Waals surface area (Å²) in [4.78, 5) is 31.0. The van der Waals surface area contributed by atoms with Crippen molar-refractivity contribution in [1.82, 2.24) is 9.80 Å².